The van der Waals surface area contributed by atoms with Crippen molar-refractivity contribution >= 4 is 38.9 Å². The van der Waals surface area contributed by atoms with Crippen LogP contribution in [0.2, 0.25) is 0 Å². The molecule has 1 aromatic carbocycles. The first-order valence-electron chi connectivity index (χ1n) is 5.29. The van der Waals surface area contributed by atoms with Crippen molar-refractivity contribution in [2.45, 2.75) is 6.92 Å². The van der Waals surface area contributed by atoms with Crippen LogP contribution < -0.4 is 10.1 Å². The van der Waals surface area contributed by atoms with Crippen molar-refractivity contribution in [1.82, 2.24) is 0 Å². The third-order valence-electron chi connectivity index (χ3n) is 2.33. The number of rotatable bonds is 3. The van der Waals surface area contributed by atoms with Crippen molar-refractivity contribution in [1.29, 1.82) is 0 Å². The molecule has 0 aliphatic heterocycles. The van der Waals surface area contributed by atoms with Crippen LogP contribution in [0.5, 0.6) is 5.75 Å². The van der Waals surface area contributed by atoms with Crippen molar-refractivity contribution in [3.63, 3.8) is 0 Å². The van der Waals surface area contributed by atoms with Crippen LogP contribution in [0.1, 0.15) is 15.2 Å². The van der Waals surface area contributed by atoms with E-state index in [0.717, 1.165) is 15.7 Å². The molecule has 0 aliphatic rings. The highest BCUT2D eigenvalue weighted by Gasteiger charge is 2.10. The standard InChI is InChI=1S/C13H12BrNO2S/c1-8-3-9(14)5-10(4-8)15-13(16)12-6-11(17-2)7-18-12/h3-7H,1-2H3,(H,15,16). The summed E-state index contributed by atoms with van der Waals surface area (Å²) in [7, 11) is 1.58. The molecule has 1 N–H and O–H groups in total. The van der Waals surface area contributed by atoms with Gasteiger partial charge in [-0.2, -0.15) is 0 Å². The zero-order valence-corrected chi connectivity index (χ0v) is 12.4. The number of nitrogens with one attached hydrogen (secondary N) is 1. The second-order valence-corrected chi connectivity index (χ2v) is 5.65. The van der Waals surface area contributed by atoms with Gasteiger partial charge < -0.3 is 10.1 Å². The molecule has 0 bridgehead atoms. The third kappa shape index (κ3) is 3.11. The van der Waals surface area contributed by atoms with E-state index < -0.39 is 0 Å². The number of hydrogen-bond donors (Lipinski definition) is 1. The number of thiophene rings is 1. The topological polar surface area (TPSA) is 38.3 Å². The van der Waals surface area contributed by atoms with Crippen molar-refractivity contribution < 1.29 is 9.53 Å². The fourth-order valence-corrected chi connectivity index (χ4v) is 2.90. The number of carbonyl (C=O) groups excluding carboxylic acids is 1. The van der Waals surface area contributed by atoms with Gasteiger partial charge in [0, 0.05) is 21.6 Å². The number of ether oxygens (including phenoxy) is 1. The molecule has 1 heterocycles. The Morgan fingerprint density at radius 3 is 2.72 bits per heavy atom. The van der Waals surface area contributed by atoms with Gasteiger partial charge in [-0.25, -0.2) is 0 Å². The van der Waals surface area contributed by atoms with Gasteiger partial charge in [-0.05, 0) is 30.7 Å². The molecular formula is C13H12BrNO2S. The highest BCUT2D eigenvalue weighted by molar-refractivity contribution is 9.10. The lowest BCUT2D eigenvalue weighted by atomic mass is 10.2. The lowest BCUT2D eigenvalue weighted by Crippen LogP contribution is -2.10. The molecule has 2 rings (SSSR count). The van der Waals surface area contributed by atoms with Crippen LogP contribution in [0.15, 0.2) is 34.1 Å². The number of anilines is 1. The zero-order chi connectivity index (χ0) is 13.1. The van der Waals surface area contributed by atoms with E-state index in [1.165, 1.54) is 11.3 Å². The Labute approximate surface area is 118 Å². The summed E-state index contributed by atoms with van der Waals surface area (Å²) < 4.78 is 6.00. The normalized spacial score (nSPS) is 10.2. The van der Waals surface area contributed by atoms with Crippen molar-refractivity contribution in [2.75, 3.05) is 12.4 Å². The average molecular weight is 326 g/mol. The van der Waals surface area contributed by atoms with Crippen LogP contribution in [0.25, 0.3) is 0 Å². The predicted molar refractivity (Wildman–Crippen MR) is 77.7 cm³/mol. The molecule has 3 nitrogen and oxygen atoms in total. The molecule has 1 aromatic heterocycles. The van der Waals surface area contributed by atoms with Gasteiger partial charge in [-0.15, -0.1) is 11.3 Å². The van der Waals surface area contributed by atoms with E-state index in [1.807, 2.05) is 25.1 Å². The minimum atomic E-state index is -0.124. The molecule has 1 amide bonds. The van der Waals surface area contributed by atoms with Gasteiger partial charge >= 0.3 is 0 Å². The molecule has 0 radical (unpaired) electrons. The summed E-state index contributed by atoms with van der Waals surface area (Å²) in [6.07, 6.45) is 0. The summed E-state index contributed by atoms with van der Waals surface area (Å²) in [5.41, 5.74) is 1.86. The van der Waals surface area contributed by atoms with Crippen molar-refractivity contribution in [3.8, 4) is 5.75 Å². The molecule has 0 unspecified atom stereocenters. The number of methoxy groups -OCH3 is 1. The van der Waals surface area contributed by atoms with E-state index in [2.05, 4.69) is 21.2 Å². The van der Waals surface area contributed by atoms with Crippen LogP contribution in [0.4, 0.5) is 5.69 Å². The highest BCUT2D eigenvalue weighted by Crippen LogP contribution is 2.23. The molecule has 2 aromatic rings. The Morgan fingerprint density at radius 1 is 1.33 bits per heavy atom. The summed E-state index contributed by atoms with van der Waals surface area (Å²) in [6, 6.07) is 7.51. The van der Waals surface area contributed by atoms with E-state index in [4.69, 9.17) is 4.74 Å². The molecule has 0 saturated carbocycles. The van der Waals surface area contributed by atoms with Crippen LogP contribution in [-0.2, 0) is 0 Å². The smallest absolute Gasteiger partial charge is 0.265 e. The molecule has 0 atom stereocenters. The lowest BCUT2D eigenvalue weighted by molar-refractivity contribution is 0.103. The predicted octanol–water partition coefficient (Wildman–Crippen LogP) is 4.08. The van der Waals surface area contributed by atoms with Gasteiger partial charge in [-0.1, -0.05) is 15.9 Å². The largest absolute Gasteiger partial charge is 0.496 e. The number of benzene rings is 1. The van der Waals surface area contributed by atoms with E-state index >= 15 is 0 Å². The van der Waals surface area contributed by atoms with Crippen molar-refractivity contribution in [2.24, 2.45) is 0 Å². The molecule has 0 aliphatic carbocycles. The van der Waals surface area contributed by atoms with Gasteiger partial charge in [0.1, 0.15) is 5.75 Å². The first-order valence-corrected chi connectivity index (χ1v) is 6.97. The molecule has 5 heteroatoms. The summed E-state index contributed by atoms with van der Waals surface area (Å²) >= 11 is 4.77. The molecule has 0 saturated heterocycles. The van der Waals surface area contributed by atoms with E-state index in [1.54, 1.807) is 18.6 Å². The number of halogens is 1. The Balaban J connectivity index is 2.15. The van der Waals surface area contributed by atoms with E-state index in [-0.39, 0.29) is 5.91 Å². The lowest BCUT2D eigenvalue weighted by Gasteiger charge is -2.05. The maximum Gasteiger partial charge on any atom is 0.265 e. The Kier molecular flexibility index (Phi) is 4.04. The van der Waals surface area contributed by atoms with Gasteiger partial charge in [-0.3, -0.25) is 4.79 Å². The van der Waals surface area contributed by atoms with E-state index in [9.17, 15) is 4.79 Å². The Morgan fingerprint density at radius 2 is 2.11 bits per heavy atom. The summed E-state index contributed by atoms with van der Waals surface area (Å²) in [5.74, 6) is 0.580. The van der Waals surface area contributed by atoms with Gasteiger partial charge in [0.25, 0.3) is 5.91 Å². The monoisotopic (exact) mass is 325 g/mol. The molecule has 18 heavy (non-hydrogen) atoms. The fraction of sp³-hybridized carbons (Fsp3) is 0.154. The van der Waals surface area contributed by atoms with Gasteiger partial charge in [0.15, 0.2) is 0 Å². The minimum Gasteiger partial charge on any atom is -0.496 e. The molecular weight excluding hydrogens is 314 g/mol. The van der Waals surface area contributed by atoms with E-state index in [0.29, 0.717) is 10.6 Å². The van der Waals surface area contributed by atoms with Gasteiger partial charge in [0.2, 0.25) is 0 Å². The number of aryl methyl sites for hydroxylation is 1. The van der Waals surface area contributed by atoms with Crippen molar-refractivity contribution in [3.05, 3.63) is 44.6 Å². The number of carbonyl (C=O) groups is 1. The zero-order valence-electron chi connectivity index (χ0n) is 9.99. The maximum absolute atomic E-state index is 12.0. The molecule has 94 valence electrons. The molecule has 0 fully saturated rings. The Bertz CT molecular complexity index is 560. The second-order valence-electron chi connectivity index (χ2n) is 3.82. The van der Waals surface area contributed by atoms with Crippen LogP contribution in [0, 0.1) is 6.92 Å². The van der Waals surface area contributed by atoms with Crippen LogP contribution in [-0.4, -0.2) is 13.0 Å². The summed E-state index contributed by atoms with van der Waals surface area (Å²) in [4.78, 5) is 12.6. The second kappa shape index (κ2) is 5.54. The van der Waals surface area contributed by atoms with Crippen LogP contribution >= 0.6 is 27.3 Å². The third-order valence-corrected chi connectivity index (χ3v) is 3.70. The SMILES string of the molecule is COc1csc(C(=O)Nc2cc(C)cc(Br)c2)c1. The highest BCUT2D eigenvalue weighted by atomic mass is 79.9. The summed E-state index contributed by atoms with van der Waals surface area (Å²) in [5, 5.41) is 4.67. The molecule has 0 spiro atoms. The number of hydrogen-bond acceptors (Lipinski definition) is 3. The quantitative estimate of drug-likeness (QED) is 0.923. The maximum atomic E-state index is 12.0. The van der Waals surface area contributed by atoms with Gasteiger partial charge in [0.05, 0.1) is 12.0 Å². The first kappa shape index (κ1) is 13.1. The Hall–Kier alpha value is -1.33. The average Bonchev–Trinajstić information content (AvgIpc) is 2.75. The number of amides is 1. The summed E-state index contributed by atoms with van der Waals surface area (Å²) in [6.45, 7) is 1.98. The fourth-order valence-electron chi connectivity index (χ4n) is 1.55. The van der Waals surface area contributed by atoms with Crippen LogP contribution in [0.3, 0.4) is 0 Å². The first-order chi connectivity index (χ1) is 8.58. The minimum absolute atomic E-state index is 0.124.